The molecule has 0 bridgehead atoms. The molecule has 0 aromatic carbocycles. The Balaban J connectivity index is 2.14. The van der Waals surface area contributed by atoms with E-state index in [1.165, 1.54) is 0 Å². The summed E-state index contributed by atoms with van der Waals surface area (Å²) in [5.41, 5.74) is 5.84. The largest absolute Gasteiger partial charge is 0.356 e. The monoisotopic (exact) mass is 243 g/mol. The molecule has 0 aliphatic heterocycles. The van der Waals surface area contributed by atoms with Gasteiger partial charge in [0.1, 0.15) is 0 Å². The third-order valence-electron chi connectivity index (χ3n) is 2.99. The highest BCUT2D eigenvalue weighted by atomic mass is 32.2. The van der Waals surface area contributed by atoms with E-state index in [4.69, 9.17) is 5.73 Å². The maximum atomic E-state index is 12.0. The Morgan fingerprint density at radius 3 is 2.75 bits per heavy atom. The zero-order chi connectivity index (χ0) is 11.8. The van der Waals surface area contributed by atoms with Crippen LogP contribution in [0.4, 0.5) is 0 Å². The summed E-state index contributed by atoms with van der Waals surface area (Å²) in [4.78, 5) is 0.300. The zero-order valence-corrected chi connectivity index (χ0v) is 10.1. The van der Waals surface area contributed by atoms with Gasteiger partial charge in [-0.3, -0.25) is 0 Å². The van der Waals surface area contributed by atoms with Gasteiger partial charge in [0.15, 0.2) is 0 Å². The van der Waals surface area contributed by atoms with Crippen LogP contribution in [0.25, 0.3) is 0 Å². The summed E-state index contributed by atoms with van der Waals surface area (Å²) in [5.74, 6) is 0. The van der Waals surface area contributed by atoms with Gasteiger partial charge in [0, 0.05) is 31.5 Å². The Bertz CT molecular complexity index is 466. The molecule has 1 aliphatic rings. The average molecular weight is 243 g/mol. The molecule has 16 heavy (non-hydrogen) atoms. The summed E-state index contributed by atoms with van der Waals surface area (Å²) in [6, 6.07) is 1.41. The number of hydrogen-bond donors (Lipinski definition) is 2. The van der Waals surface area contributed by atoms with E-state index in [2.05, 4.69) is 4.72 Å². The van der Waals surface area contributed by atoms with Gasteiger partial charge in [-0.1, -0.05) is 6.42 Å². The fourth-order valence-corrected chi connectivity index (χ4v) is 3.41. The minimum absolute atomic E-state index is 0.0570. The summed E-state index contributed by atoms with van der Waals surface area (Å²) >= 11 is 0. The number of sulfonamides is 1. The predicted octanol–water partition coefficient (Wildman–Crippen LogP) is 0.183. The minimum atomic E-state index is -3.41. The second-order valence-corrected chi connectivity index (χ2v) is 6.05. The van der Waals surface area contributed by atoms with Crippen molar-refractivity contribution in [3.05, 3.63) is 18.5 Å². The van der Waals surface area contributed by atoms with E-state index in [0.29, 0.717) is 4.90 Å². The van der Waals surface area contributed by atoms with Crippen LogP contribution in [0.1, 0.15) is 19.3 Å². The van der Waals surface area contributed by atoms with E-state index in [9.17, 15) is 8.42 Å². The Labute approximate surface area is 95.7 Å². The topological polar surface area (TPSA) is 77.1 Å². The van der Waals surface area contributed by atoms with Crippen molar-refractivity contribution in [2.24, 2.45) is 12.8 Å². The maximum Gasteiger partial charge on any atom is 0.242 e. The number of nitrogens with one attached hydrogen (secondary N) is 1. The molecular weight excluding hydrogens is 226 g/mol. The van der Waals surface area contributed by atoms with E-state index in [1.54, 1.807) is 30.1 Å². The minimum Gasteiger partial charge on any atom is -0.356 e. The van der Waals surface area contributed by atoms with E-state index >= 15 is 0 Å². The first-order chi connectivity index (χ1) is 7.49. The van der Waals surface area contributed by atoms with E-state index in [0.717, 1.165) is 19.3 Å². The molecule has 0 spiro atoms. The van der Waals surface area contributed by atoms with Crippen LogP contribution >= 0.6 is 0 Å². The van der Waals surface area contributed by atoms with Crippen LogP contribution in [0.2, 0.25) is 0 Å². The van der Waals surface area contributed by atoms with Crippen molar-refractivity contribution in [1.29, 1.82) is 0 Å². The molecule has 5 nitrogen and oxygen atoms in total. The molecule has 6 heteroatoms. The highest BCUT2D eigenvalue weighted by molar-refractivity contribution is 7.89. The van der Waals surface area contributed by atoms with Gasteiger partial charge in [-0.15, -0.1) is 0 Å². The second kappa shape index (κ2) is 4.20. The van der Waals surface area contributed by atoms with Gasteiger partial charge in [0.25, 0.3) is 0 Å². The Morgan fingerprint density at radius 2 is 2.25 bits per heavy atom. The molecule has 1 aromatic heterocycles. The van der Waals surface area contributed by atoms with Crippen LogP contribution in [-0.4, -0.2) is 25.1 Å². The molecule has 90 valence electrons. The molecule has 1 saturated carbocycles. The summed E-state index contributed by atoms with van der Waals surface area (Å²) in [5, 5.41) is 0. The summed E-state index contributed by atoms with van der Waals surface area (Å²) < 4.78 is 28.3. The van der Waals surface area contributed by atoms with Gasteiger partial charge in [0.2, 0.25) is 10.0 Å². The molecule has 3 N–H and O–H groups in total. The van der Waals surface area contributed by atoms with Crippen LogP contribution in [0, 0.1) is 0 Å². The number of rotatable bonds is 3. The fourth-order valence-electron chi connectivity index (χ4n) is 2.04. The lowest BCUT2D eigenvalue weighted by molar-refractivity contribution is 0.522. The summed E-state index contributed by atoms with van der Waals surface area (Å²) in [7, 11) is -1.61. The summed E-state index contributed by atoms with van der Waals surface area (Å²) in [6.07, 6.45) is 6.00. The third kappa shape index (κ3) is 2.28. The molecule has 2 unspecified atom stereocenters. The number of aryl methyl sites for hydroxylation is 1. The molecule has 1 aliphatic carbocycles. The lowest BCUT2D eigenvalue weighted by Crippen LogP contribution is -2.43. The first-order valence-electron chi connectivity index (χ1n) is 5.39. The van der Waals surface area contributed by atoms with Crippen molar-refractivity contribution in [1.82, 2.24) is 9.29 Å². The normalized spacial score (nSPS) is 26.1. The SMILES string of the molecule is Cn1ccc(S(=O)(=O)NC2CCCC2N)c1. The maximum absolute atomic E-state index is 12.0. The Hall–Kier alpha value is -0.850. The van der Waals surface area contributed by atoms with Crippen molar-refractivity contribution in [3.8, 4) is 0 Å². The Morgan fingerprint density at radius 1 is 1.50 bits per heavy atom. The lowest BCUT2D eigenvalue weighted by atomic mass is 10.2. The van der Waals surface area contributed by atoms with Crippen molar-refractivity contribution in [2.75, 3.05) is 0 Å². The van der Waals surface area contributed by atoms with Gasteiger partial charge < -0.3 is 10.3 Å². The van der Waals surface area contributed by atoms with Crippen LogP contribution in [0.15, 0.2) is 23.4 Å². The molecule has 2 atom stereocenters. The molecule has 0 saturated heterocycles. The fraction of sp³-hybridized carbons (Fsp3) is 0.600. The number of aromatic nitrogens is 1. The van der Waals surface area contributed by atoms with Crippen LogP contribution in [0.3, 0.4) is 0 Å². The van der Waals surface area contributed by atoms with Crippen LogP contribution in [0.5, 0.6) is 0 Å². The number of nitrogens with two attached hydrogens (primary N) is 1. The van der Waals surface area contributed by atoms with Gasteiger partial charge in [-0.25, -0.2) is 13.1 Å². The van der Waals surface area contributed by atoms with Crippen LogP contribution in [-0.2, 0) is 17.1 Å². The molecule has 0 amide bonds. The van der Waals surface area contributed by atoms with Gasteiger partial charge in [-0.05, 0) is 18.9 Å². The smallest absolute Gasteiger partial charge is 0.242 e. The molecule has 2 rings (SSSR count). The molecular formula is C10H17N3O2S. The highest BCUT2D eigenvalue weighted by Crippen LogP contribution is 2.19. The van der Waals surface area contributed by atoms with Crippen molar-refractivity contribution >= 4 is 10.0 Å². The van der Waals surface area contributed by atoms with Crippen molar-refractivity contribution < 1.29 is 8.42 Å². The van der Waals surface area contributed by atoms with Gasteiger partial charge in [-0.2, -0.15) is 0 Å². The molecule has 1 aromatic rings. The molecule has 0 radical (unpaired) electrons. The second-order valence-electron chi connectivity index (χ2n) is 4.34. The van der Waals surface area contributed by atoms with E-state index in [1.807, 2.05) is 0 Å². The van der Waals surface area contributed by atoms with Crippen LogP contribution < -0.4 is 10.5 Å². The zero-order valence-electron chi connectivity index (χ0n) is 9.26. The Kier molecular flexibility index (Phi) is 3.05. The first kappa shape index (κ1) is 11.6. The van der Waals surface area contributed by atoms with Crippen molar-refractivity contribution in [2.45, 2.75) is 36.2 Å². The third-order valence-corrected chi connectivity index (χ3v) is 4.47. The van der Waals surface area contributed by atoms with E-state index < -0.39 is 10.0 Å². The molecule has 1 fully saturated rings. The highest BCUT2D eigenvalue weighted by Gasteiger charge is 2.28. The van der Waals surface area contributed by atoms with Crippen molar-refractivity contribution in [3.63, 3.8) is 0 Å². The first-order valence-corrected chi connectivity index (χ1v) is 6.87. The number of nitrogens with zero attached hydrogens (tertiary/aromatic N) is 1. The summed E-state index contributed by atoms with van der Waals surface area (Å²) in [6.45, 7) is 0. The van der Waals surface area contributed by atoms with E-state index in [-0.39, 0.29) is 12.1 Å². The van der Waals surface area contributed by atoms with Gasteiger partial charge >= 0.3 is 0 Å². The van der Waals surface area contributed by atoms with Gasteiger partial charge in [0.05, 0.1) is 4.90 Å². The standard InChI is InChI=1S/C10H17N3O2S/c1-13-6-5-8(7-13)16(14,15)12-10-4-2-3-9(10)11/h5-7,9-10,12H,2-4,11H2,1H3. The number of hydrogen-bond acceptors (Lipinski definition) is 3. The quantitative estimate of drug-likeness (QED) is 0.795. The average Bonchev–Trinajstić information content (AvgIpc) is 2.77. The predicted molar refractivity (Wildman–Crippen MR) is 61.3 cm³/mol. The lowest BCUT2D eigenvalue weighted by Gasteiger charge is -2.16. The molecule has 1 heterocycles.